The van der Waals surface area contributed by atoms with Gasteiger partial charge in [0, 0.05) is 43.0 Å². The largest absolute Gasteiger partial charge is 0.355 e. The molecule has 1 atom stereocenters. The van der Waals surface area contributed by atoms with Gasteiger partial charge in [-0.2, -0.15) is 0 Å². The zero-order valence-electron chi connectivity index (χ0n) is 16.4. The number of benzene rings is 1. The predicted molar refractivity (Wildman–Crippen MR) is 110 cm³/mol. The van der Waals surface area contributed by atoms with E-state index in [1.807, 2.05) is 18.2 Å². The molecule has 3 aliphatic rings. The molecule has 1 aliphatic carbocycles. The minimum atomic E-state index is 0.110. The molecule has 3 heterocycles. The van der Waals surface area contributed by atoms with Crippen molar-refractivity contribution < 1.29 is 4.79 Å². The van der Waals surface area contributed by atoms with Crippen molar-refractivity contribution in [3.05, 3.63) is 41.6 Å². The minimum absolute atomic E-state index is 0.110. The molecule has 2 aliphatic heterocycles. The van der Waals surface area contributed by atoms with Crippen molar-refractivity contribution in [1.82, 2.24) is 14.9 Å². The van der Waals surface area contributed by atoms with Crippen molar-refractivity contribution in [3.8, 4) is 11.4 Å². The Hall–Kier alpha value is -2.43. The van der Waals surface area contributed by atoms with Crippen molar-refractivity contribution in [2.75, 3.05) is 31.1 Å². The number of piperidine rings is 1. The molecule has 0 N–H and O–H groups in total. The Morgan fingerprint density at radius 2 is 1.75 bits per heavy atom. The lowest BCUT2D eigenvalue weighted by Crippen LogP contribution is -2.44. The second-order valence-electron chi connectivity index (χ2n) is 8.33. The Labute approximate surface area is 166 Å². The van der Waals surface area contributed by atoms with E-state index in [0.717, 1.165) is 88.3 Å². The number of nitrogens with zero attached hydrogens (tertiary/aromatic N) is 4. The van der Waals surface area contributed by atoms with Crippen LogP contribution in [0.5, 0.6) is 0 Å². The normalized spacial score (nSPS) is 21.8. The van der Waals surface area contributed by atoms with Crippen molar-refractivity contribution in [2.45, 2.75) is 44.9 Å². The van der Waals surface area contributed by atoms with Crippen LogP contribution < -0.4 is 4.90 Å². The molecular weight excluding hydrogens is 348 g/mol. The summed E-state index contributed by atoms with van der Waals surface area (Å²) >= 11 is 0. The maximum Gasteiger partial charge on any atom is 0.227 e. The lowest BCUT2D eigenvalue weighted by molar-refractivity contribution is -0.134. The van der Waals surface area contributed by atoms with Gasteiger partial charge < -0.3 is 9.80 Å². The molecule has 5 heteroatoms. The highest BCUT2D eigenvalue weighted by atomic mass is 16.2. The van der Waals surface area contributed by atoms with Gasteiger partial charge in [-0.15, -0.1) is 0 Å². The fraction of sp³-hybridized carbons (Fsp3) is 0.522. The summed E-state index contributed by atoms with van der Waals surface area (Å²) in [6.07, 6.45) is 7.62. The Morgan fingerprint density at radius 1 is 0.929 bits per heavy atom. The van der Waals surface area contributed by atoms with E-state index in [1.165, 1.54) is 11.3 Å². The van der Waals surface area contributed by atoms with Crippen LogP contribution in [0.1, 0.15) is 43.4 Å². The van der Waals surface area contributed by atoms with Gasteiger partial charge in [0.05, 0.1) is 5.92 Å². The third-order valence-corrected chi connectivity index (χ3v) is 6.43. The third kappa shape index (κ3) is 3.27. The van der Waals surface area contributed by atoms with Crippen LogP contribution in [0.15, 0.2) is 30.3 Å². The molecule has 2 saturated heterocycles. The molecule has 146 valence electrons. The summed E-state index contributed by atoms with van der Waals surface area (Å²) in [5.74, 6) is 2.37. The lowest BCUT2D eigenvalue weighted by atomic mass is 9.96. The van der Waals surface area contributed by atoms with Crippen molar-refractivity contribution in [3.63, 3.8) is 0 Å². The van der Waals surface area contributed by atoms with Crippen LogP contribution in [0.25, 0.3) is 11.4 Å². The Morgan fingerprint density at radius 3 is 2.57 bits per heavy atom. The molecule has 0 spiro atoms. The molecule has 1 unspecified atom stereocenters. The summed E-state index contributed by atoms with van der Waals surface area (Å²) in [7, 11) is 0. The van der Waals surface area contributed by atoms with E-state index in [1.54, 1.807) is 0 Å². The Kier molecular flexibility index (Phi) is 4.75. The molecule has 5 nitrogen and oxygen atoms in total. The number of fused-ring (bicyclic) bond motifs is 1. The first-order chi connectivity index (χ1) is 13.8. The number of carbonyl (C=O) groups excluding carboxylic acids is 1. The van der Waals surface area contributed by atoms with Crippen LogP contribution in [-0.4, -0.2) is 47.0 Å². The van der Waals surface area contributed by atoms with Crippen molar-refractivity contribution in [2.24, 2.45) is 5.92 Å². The Balaban J connectivity index is 1.45. The van der Waals surface area contributed by atoms with Crippen LogP contribution in [-0.2, 0) is 17.6 Å². The smallest absolute Gasteiger partial charge is 0.227 e. The molecule has 2 aromatic rings. The van der Waals surface area contributed by atoms with E-state index in [4.69, 9.17) is 9.97 Å². The number of hydrogen-bond donors (Lipinski definition) is 0. The van der Waals surface area contributed by atoms with E-state index < -0.39 is 0 Å². The fourth-order valence-electron chi connectivity index (χ4n) is 4.96. The van der Waals surface area contributed by atoms with Gasteiger partial charge in [-0.3, -0.25) is 4.79 Å². The third-order valence-electron chi connectivity index (χ3n) is 6.43. The van der Waals surface area contributed by atoms with Gasteiger partial charge in [-0.25, -0.2) is 9.97 Å². The summed E-state index contributed by atoms with van der Waals surface area (Å²) in [6, 6.07) is 10.3. The first-order valence-corrected chi connectivity index (χ1v) is 10.8. The van der Waals surface area contributed by atoms with E-state index in [9.17, 15) is 4.79 Å². The van der Waals surface area contributed by atoms with Crippen molar-refractivity contribution in [1.29, 1.82) is 0 Å². The summed E-state index contributed by atoms with van der Waals surface area (Å²) in [4.78, 5) is 27.3. The zero-order valence-corrected chi connectivity index (χ0v) is 16.4. The maximum atomic E-state index is 13.0. The highest BCUT2D eigenvalue weighted by Gasteiger charge is 2.33. The van der Waals surface area contributed by atoms with Crippen LogP contribution in [0.2, 0.25) is 0 Å². The molecule has 0 bridgehead atoms. The van der Waals surface area contributed by atoms with Crippen LogP contribution in [0, 0.1) is 5.92 Å². The molecule has 1 aromatic heterocycles. The van der Waals surface area contributed by atoms with Crippen LogP contribution in [0.3, 0.4) is 0 Å². The van der Waals surface area contributed by atoms with Gasteiger partial charge in [0.25, 0.3) is 0 Å². The summed E-state index contributed by atoms with van der Waals surface area (Å²) in [5.41, 5.74) is 3.59. The van der Waals surface area contributed by atoms with Gasteiger partial charge in [0.1, 0.15) is 5.82 Å². The quantitative estimate of drug-likeness (QED) is 0.823. The van der Waals surface area contributed by atoms with Gasteiger partial charge in [-0.05, 0) is 44.9 Å². The monoisotopic (exact) mass is 376 g/mol. The average molecular weight is 377 g/mol. The number of anilines is 1. The highest BCUT2D eigenvalue weighted by Crippen LogP contribution is 2.34. The van der Waals surface area contributed by atoms with E-state index in [2.05, 4.69) is 21.9 Å². The summed E-state index contributed by atoms with van der Waals surface area (Å²) in [5, 5.41) is 0. The van der Waals surface area contributed by atoms with Gasteiger partial charge >= 0.3 is 0 Å². The first kappa shape index (κ1) is 17.7. The van der Waals surface area contributed by atoms with E-state index in [-0.39, 0.29) is 5.92 Å². The number of carbonyl (C=O) groups is 1. The molecular formula is C23H28N4O. The highest BCUT2D eigenvalue weighted by molar-refractivity contribution is 5.80. The van der Waals surface area contributed by atoms with E-state index in [0.29, 0.717) is 5.91 Å². The molecule has 0 radical (unpaired) electrons. The standard InChI is InChI=1S/C23H28N4O/c28-23(26-13-4-5-14-26)18-10-7-15-27(16-18)22-19-11-6-12-20(19)24-21(25-22)17-8-2-1-3-9-17/h1-3,8-9,18H,4-7,10-16H2. The van der Waals surface area contributed by atoms with E-state index >= 15 is 0 Å². The molecule has 28 heavy (non-hydrogen) atoms. The Bertz CT molecular complexity index is 860. The molecule has 2 fully saturated rings. The second-order valence-corrected chi connectivity index (χ2v) is 8.33. The predicted octanol–water partition coefficient (Wildman–Crippen LogP) is 3.47. The summed E-state index contributed by atoms with van der Waals surface area (Å²) in [6.45, 7) is 3.67. The lowest BCUT2D eigenvalue weighted by Gasteiger charge is -2.35. The van der Waals surface area contributed by atoms with Gasteiger partial charge in [0.15, 0.2) is 5.82 Å². The number of aromatic nitrogens is 2. The fourth-order valence-corrected chi connectivity index (χ4v) is 4.96. The van der Waals surface area contributed by atoms with Crippen LogP contribution in [0.4, 0.5) is 5.82 Å². The number of hydrogen-bond acceptors (Lipinski definition) is 4. The second kappa shape index (κ2) is 7.53. The van der Waals surface area contributed by atoms with Crippen LogP contribution >= 0.6 is 0 Å². The van der Waals surface area contributed by atoms with Crippen molar-refractivity contribution >= 4 is 11.7 Å². The topological polar surface area (TPSA) is 49.3 Å². The maximum absolute atomic E-state index is 13.0. The summed E-state index contributed by atoms with van der Waals surface area (Å²) < 4.78 is 0. The number of aryl methyl sites for hydroxylation is 1. The number of rotatable bonds is 3. The average Bonchev–Trinajstić information content (AvgIpc) is 3.45. The SMILES string of the molecule is O=C(C1CCCN(c2nc(-c3ccccc3)nc3c2CCC3)C1)N1CCCC1. The number of amides is 1. The minimum Gasteiger partial charge on any atom is -0.355 e. The molecule has 0 saturated carbocycles. The zero-order chi connectivity index (χ0) is 18.9. The molecule has 1 amide bonds. The number of likely N-dealkylation sites (tertiary alicyclic amines) is 1. The van der Waals surface area contributed by atoms with Gasteiger partial charge in [0.2, 0.25) is 5.91 Å². The molecule has 5 rings (SSSR count). The van der Waals surface area contributed by atoms with Gasteiger partial charge in [-0.1, -0.05) is 30.3 Å². The first-order valence-electron chi connectivity index (χ1n) is 10.8. The molecule has 1 aromatic carbocycles.